The van der Waals surface area contributed by atoms with Gasteiger partial charge in [0, 0.05) is 25.7 Å². The Morgan fingerprint density at radius 3 is 2.05 bits per heavy atom. The fourth-order valence-electron chi connectivity index (χ4n) is 1.95. The van der Waals surface area contributed by atoms with Crippen LogP contribution in [0.4, 0.5) is 5.69 Å². The number of anilines is 1. The lowest BCUT2D eigenvalue weighted by atomic mass is 10.1. The number of ether oxygens (including phenoxy) is 3. The second kappa shape index (κ2) is 7.09. The van der Waals surface area contributed by atoms with Gasteiger partial charge in [0.05, 0.1) is 27.0 Å². The summed E-state index contributed by atoms with van der Waals surface area (Å²) in [7, 11) is 6.88. The molecule has 5 nitrogen and oxygen atoms in total. The lowest BCUT2D eigenvalue weighted by Crippen LogP contribution is -2.28. The second-order valence-corrected chi connectivity index (χ2v) is 4.60. The van der Waals surface area contributed by atoms with Crippen LogP contribution in [0.1, 0.15) is 6.92 Å². The van der Waals surface area contributed by atoms with Crippen LogP contribution in [0.25, 0.3) is 0 Å². The molecule has 0 spiro atoms. The van der Waals surface area contributed by atoms with Crippen LogP contribution < -0.4 is 24.8 Å². The molecule has 0 amide bonds. The van der Waals surface area contributed by atoms with E-state index in [1.54, 1.807) is 21.3 Å². The maximum Gasteiger partial charge on any atom is 0.164 e. The number of hydrogen-bond donors (Lipinski definition) is 1. The third kappa shape index (κ3) is 3.67. The highest BCUT2D eigenvalue weighted by molar-refractivity contribution is 5.65. The molecule has 0 fully saturated rings. The Hall–Kier alpha value is -1.62. The molecule has 0 aromatic heterocycles. The highest BCUT2D eigenvalue weighted by Gasteiger charge is 2.16. The molecule has 0 heterocycles. The molecule has 108 valence electrons. The minimum Gasteiger partial charge on any atom is -0.494 e. The summed E-state index contributed by atoms with van der Waals surface area (Å²) in [6.45, 7) is 3.62. The first kappa shape index (κ1) is 15.4. The van der Waals surface area contributed by atoms with Crippen LogP contribution in [0.2, 0.25) is 0 Å². The summed E-state index contributed by atoms with van der Waals surface area (Å²) in [5, 5.41) is 0. The zero-order valence-corrected chi connectivity index (χ0v) is 12.4. The zero-order chi connectivity index (χ0) is 14.4. The predicted molar refractivity (Wildman–Crippen MR) is 77.6 cm³/mol. The highest BCUT2D eigenvalue weighted by Crippen LogP contribution is 2.39. The van der Waals surface area contributed by atoms with Gasteiger partial charge in [-0.15, -0.1) is 0 Å². The standard InChI is InChI=1S/C14H24N2O3/c1-10(8-15)9-16(2)11-6-13(18-4)14(19-5)7-12(11)17-3/h6-7,10H,8-9,15H2,1-5H3. The SMILES string of the molecule is COc1cc(OC)c(N(C)CC(C)CN)cc1OC. The summed E-state index contributed by atoms with van der Waals surface area (Å²) in [6, 6.07) is 3.75. The fraction of sp³-hybridized carbons (Fsp3) is 0.571. The van der Waals surface area contributed by atoms with E-state index in [2.05, 4.69) is 11.8 Å². The normalized spacial score (nSPS) is 11.9. The molecule has 0 aliphatic carbocycles. The van der Waals surface area contributed by atoms with E-state index in [0.29, 0.717) is 24.0 Å². The van der Waals surface area contributed by atoms with Crippen molar-refractivity contribution in [3.63, 3.8) is 0 Å². The summed E-state index contributed by atoms with van der Waals surface area (Å²) in [6.07, 6.45) is 0. The summed E-state index contributed by atoms with van der Waals surface area (Å²) >= 11 is 0. The van der Waals surface area contributed by atoms with Gasteiger partial charge in [-0.25, -0.2) is 0 Å². The van der Waals surface area contributed by atoms with Gasteiger partial charge in [0.25, 0.3) is 0 Å². The Morgan fingerprint density at radius 1 is 1.05 bits per heavy atom. The molecule has 1 unspecified atom stereocenters. The fourth-order valence-corrected chi connectivity index (χ4v) is 1.95. The average molecular weight is 268 g/mol. The number of hydrogen-bond acceptors (Lipinski definition) is 5. The summed E-state index contributed by atoms with van der Waals surface area (Å²) in [5.74, 6) is 2.50. The van der Waals surface area contributed by atoms with Crippen molar-refractivity contribution in [3.8, 4) is 17.2 Å². The minimum atomic E-state index is 0.405. The van der Waals surface area contributed by atoms with Crippen molar-refractivity contribution in [2.75, 3.05) is 46.4 Å². The van der Waals surface area contributed by atoms with Gasteiger partial charge in [0.2, 0.25) is 0 Å². The van der Waals surface area contributed by atoms with Gasteiger partial charge in [0.1, 0.15) is 5.75 Å². The second-order valence-electron chi connectivity index (χ2n) is 4.60. The smallest absolute Gasteiger partial charge is 0.164 e. The molecule has 5 heteroatoms. The first-order valence-corrected chi connectivity index (χ1v) is 6.28. The first-order valence-electron chi connectivity index (χ1n) is 6.28. The first-order chi connectivity index (χ1) is 9.07. The molecule has 1 aromatic rings. The van der Waals surface area contributed by atoms with E-state index in [-0.39, 0.29) is 0 Å². The topological polar surface area (TPSA) is 57.0 Å². The lowest BCUT2D eigenvalue weighted by Gasteiger charge is -2.25. The van der Waals surface area contributed by atoms with Crippen molar-refractivity contribution >= 4 is 5.69 Å². The van der Waals surface area contributed by atoms with E-state index in [0.717, 1.165) is 18.0 Å². The molecule has 0 aliphatic rings. The van der Waals surface area contributed by atoms with E-state index < -0.39 is 0 Å². The minimum absolute atomic E-state index is 0.405. The Bertz CT molecular complexity index is 410. The molecule has 19 heavy (non-hydrogen) atoms. The summed E-state index contributed by atoms with van der Waals surface area (Å²) < 4.78 is 16.0. The van der Waals surface area contributed by atoms with Crippen LogP contribution in [-0.2, 0) is 0 Å². The third-order valence-electron chi connectivity index (χ3n) is 3.08. The van der Waals surface area contributed by atoms with Crippen LogP contribution >= 0.6 is 0 Å². The predicted octanol–water partition coefficient (Wildman–Crippen LogP) is 1.74. The van der Waals surface area contributed by atoms with Crippen LogP contribution in [-0.4, -0.2) is 41.5 Å². The van der Waals surface area contributed by atoms with Gasteiger partial charge in [-0.3, -0.25) is 0 Å². The van der Waals surface area contributed by atoms with Crippen LogP contribution in [0.15, 0.2) is 12.1 Å². The molecule has 0 bridgehead atoms. The quantitative estimate of drug-likeness (QED) is 0.816. The van der Waals surface area contributed by atoms with Crippen molar-refractivity contribution in [2.45, 2.75) is 6.92 Å². The Kier molecular flexibility index (Phi) is 5.76. The Morgan fingerprint density at radius 2 is 1.58 bits per heavy atom. The summed E-state index contributed by atoms with van der Waals surface area (Å²) in [4.78, 5) is 2.11. The largest absolute Gasteiger partial charge is 0.494 e. The van der Waals surface area contributed by atoms with E-state index in [1.807, 2.05) is 19.2 Å². The van der Waals surface area contributed by atoms with E-state index in [1.165, 1.54) is 0 Å². The monoisotopic (exact) mass is 268 g/mol. The number of nitrogens with zero attached hydrogens (tertiary/aromatic N) is 1. The number of benzene rings is 1. The molecule has 0 radical (unpaired) electrons. The van der Waals surface area contributed by atoms with Crippen LogP contribution in [0.3, 0.4) is 0 Å². The Labute approximate surface area is 115 Å². The molecule has 1 atom stereocenters. The number of rotatable bonds is 7. The molecular weight excluding hydrogens is 244 g/mol. The van der Waals surface area contributed by atoms with E-state index >= 15 is 0 Å². The molecular formula is C14H24N2O3. The van der Waals surface area contributed by atoms with Crippen molar-refractivity contribution in [1.29, 1.82) is 0 Å². The van der Waals surface area contributed by atoms with E-state index in [4.69, 9.17) is 19.9 Å². The van der Waals surface area contributed by atoms with Gasteiger partial charge in [-0.1, -0.05) is 6.92 Å². The maximum absolute atomic E-state index is 5.67. The molecule has 2 N–H and O–H groups in total. The van der Waals surface area contributed by atoms with Gasteiger partial charge in [-0.05, 0) is 12.5 Å². The van der Waals surface area contributed by atoms with E-state index in [9.17, 15) is 0 Å². The number of methoxy groups -OCH3 is 3. The van der Waals surface area contributed by atoms with Gasteiger partial charge in [0.15, 0.2) is 11.5 Å². The summed E-state index contributed by atoms with van der Waals surface area (Å²) in [5.41, 5.74) is 6.63. The zero-order valence-electron chi connectivity index (χ0n) is 12.4. The molecule has 0 aliphatic heterocycles. The van der Waals surface area contributed by atoms with Crippen LogP contribution in [0, 0.1) is 5.92 Å². The average Bonchev–Trinajstić information content (AvgIpc) is 2.45. The van der Waals surface area contributed by atoms with Crippen molar-refractivity contribution < 1.29 is 14.2 Å². The van der Waals surface area contributed by atoms with Gasteiger partial charge >= 0.3 is 0 Å². The molecule has 0 saturated heterocycles. The number of nitrogens with two attached hydrogens (primary N) is 1. The molecule has 1 aromatic carbocycles. The Balaban J connectivity index is 3.10. The third-order valence-corrected chi connectivity index (χ3v) is 3.08. The maximum atomic E-state index is 5.67. The molecule has 1 rings (SSSR count). The lowest BCUT2D eigenvalue weighted by molar-refractivity contribution is 0.349. The van der Waals surface area contributed by atoms with Gasteiger partial charge in [-0.2, -0.15) is 0 Å². The van der Waals surface area contributed by atoms with Crippen molar-refractivity contribution in [2.24, 2.45) is 11.7 Å². The van der Waals surface area contributed by atoms with Crippen molar-refractivity contribution in [3.05, 3.63) is 12.1 Å². The van der Waals surface area contributed by atoms with Crippen molar-refractivity contribution in [1.82, 2.24) is 0 Å². The van der Waals surface area contributed by atoms with Crippen LogP contribution in [0.5, 0.6) is 17.2 Å². The highest BCUT2D eigenvalue weighted by atomic mass is 16.5. The van der Waals surface area contributed by atoms with Gasteiger partial charge < -0.3 is 24.8 Å². The molecule has 0 saturated carbocycles.